The van der Waals surface area contributed by atoms with E-state index in [9.17, 15) is 13.2 Å². The van der Waals surface area contributed by atoms with Crippen molar-refractivity contribution in [2.75, 3.05) is 12.3 Å². The molecule has 0 spiro atoms. The first-order chi connectivity index (χ1) is 6.86. The summed E-state index contributed by atoms with van der Waals surface area (Å²) in [6.07, 6.45) is -4.39. The van der Waals surface area contributed by atoms with Crippen LogP contribution < -0.4 is 17.2 Å². The zero-order valence-corrected chi connectivity index (χ0v) is 7.88. The van der Waals surface area contributed by atoms with Crippen molar-refractivity contribution in [3.05, 3.63) is 29.3 Å². The predicted octanol–water partition coefficient (Wildman–Crippen LogP) is 1.25. The zero-order valence-electron chi connectivity index (χ0n) is 7.88. The van der Waals surface area contributed by atoms with Gasteiger partial charge in [0.25, 0.3) is 0 Å². The van der Waals surface area contributed by atoms with E-state index in [1.54, 1.807) is 0 Å². The molecule has 0 unspecified atom stereocenters. The second kappa shape index (κ2) is 4.08. The normalized spacial score (nSPS) is 13.9. The van der Waals surface area contributed by atoms with E-state index < -0.39 is 17.8 Å². The molecule has 1 atom stereocenters. The van der Waals surface area contributed by atoms with E-state index in [1.807, 2.05) is 0 Å². The topological polar surface area (TPSA) is 78.1 Å². The lowest BCUT2D eigenvalue weighted by molar-refractivity contribution is -0.137. The van der Waals surface area contributed by atoms with Gasteiger partial charge in [0.15, 0.2) is 0 Å². The van der Waals surface area contributed by atoms with Crippen LogP contribution in [0.5, 0.6) is 0 Å². The molecule has 0 saturated carbocycles. The summed E-state index contributed by atoms with van der Waals surface area (Å²) in [6, 6.07) is 2.37. The first-order valence-electron chi connectivity index (χ1n) is 4.28. The van der Waals surface area contributed by atoms with Crippen molar-refractivity contribution in [2.24, 2.45) is 11.5 Å². The molecule has 1 rings (SSSR count). The highest BCUT2D eigenvalue weighted by atomic mass is 19.4. The van der Waals surface area contributed by atoms with Gasteiger partial charge < -0.3 is 17.2 Å². The second-order valence-electron chi connectivity index (χ2n) is 3.18. The maximum atomic E-state index is 12.4. The van der Waals surface area contributed by atoms with Crippen LogP contribution in [-0.2, 0) is 6.18 Å². The number of alkyl halides is 3. The number of hydrogen-bond acceptors (Lipinski definition) is 3. The monoisotopic (exact) mass is 219 g/mol. The number of halogens is 3. The predicted molar refractivity (Wildman–Crippen MR) is 51.8 cm³/mol. The van der Waals surface area contributed by atoms with Gasteiger partial charge >= 0.3 is 6.18 Å². The summed E-state index contributed by atoms with van der Waals surface area (Å²) in [4.78, 5) is 0. The molecule has 1 aromatic rings. The Morgan fingerprint density at radius 3 is 2.33 bits per heavy atom. The number of benzene rings is 1. The first kappa shape index (κ1) is 11.8. The van der Waals surface area contributed by atoms with E-state index in [-0.39, 0.29) is 17.8 Å². The van der Waals surface area contributed by atoms with Crippen LogP contribution >= 0.6 is 0 Å². The van der Waals surface area contributed by atoms with Crippen molar-refractivity contribution < 1.29 is 13.2 Å². The van der Waals surface area contributed by atoms with Gasteiger partial charge in [0, 0.05) is 18.3 Å². The highest BCUT2D eigenvalue weighted by molar-refractivity contribution is 5.50. The molecule has 0 amide bonds. The molecule has 0 aliphatic carbocycles. The largest absolute Gasteiger partial charge is 0.416 e. The minimum Gasteiger partial charge on any atom is -0.398 e. The molecule has 0 heterocycles. The quantitative estimate of drug-likeness (QED) is 0.655. The fraction of sp³-hybridized carbons (Fsp3) is 0.333. The van der Waals surface area contributed by atoms with Gasteiger partial charge in [0.2, 0.25) is 0 Å². The summed E-state index contributed by atoms with van der Waals surface area (Å²) in [7, 11) is 0. The lowest BCUT2D eigenvalue weighted by Gasteiger charge is -2.15. The molecule has 0 bridgehead atoms. The Bertz CT molecular complexity index is 349. The molecule has 6 heteroatoms. The Morgan fingerprint density at radius 1 is 1.27 bits per heavy atom. The molecule has 3 nitrogen and oxygen atoms in total. The fourth-order valence-electron chi connectivity index (χ4n) is 1.20. The maximum Gasteiger partial charge on any atom is 0.416 e. The molecule has 0 aliphatic rings. The van der Waals surface area contributed by atoms with Crippen LogP contribution in [-0.4, -0.2) is 6.54 Å². The minimum atomic E-state index is -4.39. The van der Waals surface area contributed by atoms with Crippen LogP contribution in [0.4, 0.5) is 18.9 Å². The Balaban J connectivity index is 3.17. The molecule has 84 valence electrons. The number of hydrogen-bond donors (Lipinski definition) is 3. The Kier molecular flexibility index (Phi) is 3.21. The number of rotatable bonds is 2. The average Bonchev–Trinajstić information content (AvgIpc) is 2.15. The van der Waals surface area contributed by atoms with E-state index >= 15 is 0 Å². The molecule has 15 heavy (non-hydrogen) atoms. The smallest absolute Gasteiger partial charge is 0.398 e. The van der Waals surface area contributed by atoms with Crippen LogP contribution in [0.15, 0.2) is 18.2 Å². The molecular formula is C9H12F3N3. The van der Waals surface area contributed by atoms with Crippen LogP contribution in [0.1, 0.15) is 17.2 Å². The van der Waals surface area contributed by atoms with Crippen LogP contribution in [0.3, 0.4) is 0 Å². The molecular weight excluding hydrogens is 207 g/mol. The van der Waals surface area contributed by atoms with E-state index in [2.05, 4.69) is 0 Å². The Hall–Kier alpha value is -1.27. The summed E-state index contributed by atoms with van der Waals surface area (Å²) >= 11 is 0. The summed E-state index contributed by atoms with van der Waals surface area (Å²) in [5.41, 5.74) is 16.0. The van der Waals surface area contributed by atoms with E-state index in [0.717, 1.165) is 12.1 Å². The van der Waals surface area contributed by atoms with Gasteiger partial charge in [-0.2, -0.15) is 13.2 Å². The van der Waals surface area contributed by atoms with Crippen molar-refractivity contribution in [1.29, 1.82) is 0 Å². The highest BCUT2D eigenvalue weighted by Crippen LogP contribution is 2.32. The van der Waals surface area contributed by atoms with Gasteiger partial charge in [-0.1, -0.05) is 0 Å². The van der Waals surface area contributed by atoms with E-state index in [0.29, 0.717) is 0 Å². The fourth-order valence-corrected chi connectivity index (χ4v) is 1.20. The van der Waals surface area contributed by atoms with Gasteiger partial charge in [-0.25, -0.2) is 0 Å². The Morgan fingerprint density at radius 2 is 1.87 bits per heavy atom. The van der Waals surface area contributed by atoms with Gasteiger partial charge in [0.1, 0.15) is 0 Å². The van der Waals surface area contributed by atoms with Crippen molar-refractivity contribution in [3.8, 4) is 0 Å². The zero-order chi connectivity index (χ0) is 11.6. The highest BCUT2D eigenvalue weighted by Gasteiger charge is 2.31. The van der Waals surface area contributed by atoms with Crippen molar-refractivity contribution in [3.63, 3.8) is 0 Å². The van der Waals surface area contributed by atoms with Crippen LogP contribution in [0.2, 0.25) is 0 Å². The third kappa shape index (κ3) is 2.60. The maximum absolute atomic E-state index is 12.4. The first-order valence-corrected chi connectivity index (χ1v) is 4.28. The lowest BCUT2D eigenvalue weighted by atomic mass is 10.0. The molecule has 0 radical (unpaired) electrons. The molecule has 0 fully saturated rings. The molecule has 0 aliphatic heterocycles. The van der Waals surface area contributed by atoms with Gasteiger partial charge in [-0.3, -0.25) is 0 Å². The Labute approximate surface area is 85.0 Å². The van der Waals surface area contributed by atoms with Crippen LogP contribution in [0, 0.1) is 0 Å². The summed E-state index contributed by atoms with van der Waals surface area (Å²) in [5.74, 6) is 0. The van der Waals surface area contributed by atoms with Crippen LogP contribution in [0.25, 0.3) is 0 Å². The van der Waals surface area contributed by atoms with Crippen molar-refractivity contribution >= 4 is 5.69 Å². The standard InChI is InChI=1S/C9H12F3N3/c10-9(11,12)5-1-2-7(14)6(3-5)8(15)4-13/h1-3,8H,4,13-15H2/t8-/m1/s1. The molecule has 0 saturated heterocycles. The lowest BCUT2D eigenvalue weighted by Crippen LogP contribution is -2.22. The van der Waals surface area contributed by atoms with Gasteiger partial charge in [-0.15, -0.1) is 0 Å². The average molecular weight is 219 g/mol. The summed E-state index contributed by atoms with van der Waals surface area (Å²) in [6.45, 7) is 0.0471. The summed E-state index contributed by atoms with van der Waals surface area (Å²) in [5, 5.41) is 0. The van der Waals surface area contributed by atoms with E-state index in [1.165, 1.54) is 6.07 Å². The van der Waals surface area contributed by atoms with Gasteiger partial charge in [0.05, 0.1) is 5.56 Å². The SMILES string of the molecule is NC[C@@H](N)c1cc(C(F)(F)F)ccc1N. The summed E-state index contributed by atoms with van der Waals surface area (Å²) < 4.78 is 37.1. The van der Waals surface area contributed by atoms with Gasteiger partial charge in [-0.05, 0) is 23.8 Å². The second-order valence-corrected chi connectivity index (χ2v) is 3.18. The number of nitrogen functional groups attached to an aromatic ring is 1. The number of nitrogens with two attached hydrogens (primary N) is 3. The number of anilines is 1. The molecule has 6 N–H and O–H groups in total. The minimum absolute atomic E-state index is 0.0471. The molecule has 0 aromatic heterocycles. The van der Waals surface area contributed by atoms with Crippen molar-refractivity contribution in [2.45, 2.75) is 12.2 Å². The third-order valence-electron chi connectivity index (χ3n) is 2.07. The van der Waals surface area contributed by atoms with E-state index in [4.69, 9.17) is 17.2 Å². The third-order valence-corrected chi connectivity index (χ3v) is 2.07. The molecule has 1 aromatic carbocycles. The van der Waals surface area contributed by atoms with Crippen molar-refractivity contribution in [1.82, 2.24) is 0 Å².